The van der Waals surface area contributed by atoms with Gasteiger partial charge in [-0.15, -0.1) is 0 Å². The molecular weight excluding hydrogens is 384 g/mol. The van der Waals surface area contributed by atoms with Crippen LogP contribution in [0.2, 0.25) is 0 Å². The molecule has 1 saturated heterocycles. The lowest BCUT2D eigenvalue weighted by molar-refractivity contribution is -0.116. The first-order chi connectivity index (χ1) is 14.5. The van der Waals surface area contributed by atoms with E-state index in [0.717, 1.165) is 17.7 Å². The molecule has 0 atom stereocenters. The molecule has 3 aromatic rings. The molecule has 0 saturated carbocycles. The molecule has 1 N–H and O–H groups in total. The summed E-state index contributed by atoms with van der Waals surface area (Å²) in [5.74, 6) is -0.271. The highest BCUT2D eigenvalue weighted by Crippen LogP contribution is 2.21. The number of benzene rings is 1. The predicted molar refractivity (Wildman–Crippen MR) is 116 cm³/mol. The largest absolute Gasteiger partial charge is 0.372 e. The van der Waals surface area contributed by atoms with Crippen LogP contribution in [0.1, 0.15) is 25.7 Å². The van der Waals surface area contributed by atoms with Crippen LogP contribution in [0.4, 0.5) is 11.4 Å². The molecule has 1 fully saturated rings. The predicted octanol–water partition coefficient (Wildman–Crippen LogP) is 1.45. The molecule has 0 aliphatic carbocycles. The van der Waals surface area contributed by atoms with Crippen molar-refractivity contribution in [2.24, 2.45) is 14.1 Å². The standard InChI is InChI=1S/C21H26N6O3/c1-24-19-18(20(29)25(2)21(24)30)27(14-22-19)13-17(28)23-15-7-9-16(10-8-15)26-11-5-3-4-6-12-26/h7-10,14H,3-6,11-13H2,1-2H3,(H,23,28). The van der Waals surface area contributed by atoms with Crippen LogP contribution < -0.4 is 21.5 Å². The number of amides is 1. The van der Waals surface area contributed by atoms with Crippen molar-refractivity contribution in [1.29, 1.82) is 0 Å². The molecule has 158 valence electrons. The maximum Gasteiger partial charge on any atom is 0.332 e. The van der Waals surface area contributed by atoms with Crippen molar-refractivity contribution in [3.05, 3.63) is 51.4 Å². The second-order valence-corrected chi connectivity index (χ2v) is 7.75. The average Bonchev–Trinajstić information content (AvgIpc) is 2.96. The molecule has 1 aliphatic rings. The molecule has 0 spiro atoms. The number of imidazole rings is 1. The number of fused-ring (bicyclic) bond motifs is 1. The fraction of sp³-hybridized carbons (Fsp3) is 0.429. The van der Waals surface area contributed by atoms with Gasteiger partial charge in [-0.3, -0.25) is 18.7 Å². The Labute approximate surface area is 173 Å². The zero-order chi connectivity index (χ0) is 21.3. The summed E-state index contributed by atoms with van der Waals surface area (Å²) in [5.41, 5.74) is 1.43. The molecule has 2 aromatic heterocycles. The fourth-order valence-electron chi connectivity index (χ4n) is 3.96. The third kappa shape index (κ3) is 3.74. The van der Waals surface area contributed by atoms with Gasteiger partial charge in [0.25, 0.3) is 5.56 Å². The SMILES string of the molecule is Cn1c(=O)c2c(ncn2CC(=O)Nc2ccc(N3CCCCCC3)cc2)n(C)c1=O. The van der Waals surface area contributed by atoms with Crippen molar-refractivity contribution in [3.63, 3.8) is 0 Å². The first kappa shape index (κ1) is 19.9. The molecule has 1 amide bonds. The summed E-state index contributed by atoms with van der Waals surface area (Å²) in [4.78, 5) is 43.6. The van der Waals surface area contributed by atoms with Crippen LogP contribution in [0.3, 0.4) is 0 Å². The highest BCUT2D eigenvalue weighted by molar-refractivity contribution is 5.91. The summed E-state index contributed by atoms with van der Waals surface area (Å²) in [6.45, 7) is 2.06. The van der Waals surface area contributed by atoms with Crippen LogP contribution in [-0.4, -0.2) is 37.7 Å². The molecule has 0 radical (unpaired) electrons. The molecule has 9 heteroatoms. The summed E-state index contributed by atoms with van der Waals surface area (Å²) in [6, 6.07) is 7.85. The van der Waals surface area contributed by atoms with E-state index in [4.69, 9.17) is 0 Å². The summed E-state index contributed by atoms with van der Waals surface area (Å²) in [6.07, 6.45) is 6.40. The van der Waals surface area contributed by atoms with E-state index in [1.165, 1.54) is 53.9 Å². The first-order valence-corrected chi connectivity index (χ1v) is 10.2. The number of hydrogen-bond acceptors (Lipinski definition) is 5. The molecule has 1 aromatic carbocycles. The maximum atomic E-state index is 12.6. The van der Waals surface area contributed by atoms with Gasteiger partial charge in [0.15, 0.2) is 11.2 Å². The molecule has 3 heterocycles. The lowest BCUT2D eigenvalue weighted by atomic mass is 10.2. The van der Waals surface area contributed by atoms with E-state index < -0.39 is 11.2 Å². The van der Waals surface area contributed by atoms with Crippen molar-refractivity contribution in [2.45, 2.75) is 32.2 Å². The number of anilines is 2. The lowest BCUT2D eigenvalue weighted by Crippen LogP contribution is -2.37. The Hall–Kier alpha value is -3.36. The minimum Gasteiger partial charge on any atom is -0.372 e. The number of carbonyl (C=O) groups excluding carboxylic acids is 1. The molecule has 4 rings (SSSR count). The number of aromatic nitrogens is 4. The average molecular weight is 410 g/mol. The minimum atomic E-state index is -0.472. The topological polar surface area (TPSA) is 94.2 Å². The summed E-state index contributed by atoms with van der Waals surface area (Å²) < 4.78 is 3.78. The Morgan fingerprint density at radius 3 is 2.33 bits per heavy atom. The Morgan fingerprint density at radius 2 is 1.67 bits per heavy atom. The summed E-state index contributed by atoms with van der Waals surface area (Å²) in [7, 11) is 2.96. The summed E-state index contributed by atoms with van der Waals surface area (Å²) >= 11 is 0. The zero-order valence-corrected chi connectivity index (χ0v) is 17.3. The van der Waals surface area contributed by atoms with E-state index in [2.05, 4.69) is 15.2 Å². The number of hydrogen-bond donors (Lipinski definition) is 1. The van der Waals surface area contributed by atoms with Gasteiger partial charge in [-0.25, -0.2) is 9.78 Å². The number of nitrogens with one attached hydrogen (secondary N) is 1. The van der Waals surface area contributed by atoms with Crippen molar-refractivity contribution in [1.82, 2.24) is 18.7 Å². The number of nitrogens with zero attached hydrogens (tertiary/aromatic N) is 5. The Bertz CT molecular complexity index is 1180. The number of aryl methyl sites for hydroxylation is 1. The second-order valence-electron chi connectivity index (χ2n) is 7.75. The lowest BCUT2D eigenvalue weighted by Gasteiger charge is -2.22. The van der Waals surface area contributed by atoms with Gasteiger partial charge in [-0.05, 0) is 37.1 Å². The fourth-order valence-corrected chi connectivity index (χ4v) is 3.96. The van der Waals surface area contributed by atoms with Crippen LogP contribution in [0.15, 0.2) is 40.2 Å². The Morgan fingerprint density at radius 1 is 1.00 bits per heavy atom. The third-order valence-corrected chi connectivity index (χ3v) is 5.65. The van der Waals surface area contributed by atoms with Gasteiger partial charge in [-0.1, -0.05) is 12.8 Å². The number of rotatable bonds is 4. The quantitative estimate of drug-likeness (QED) is 0.703. The van der Waals surface area contributed by atoms with Gasteiger partial charge in [0.05, 0.1) is 6.33 Å². The van der Waals surface area contributed by atoms with Crippen LogP contribution in [0.5, 0.6) is 0 Å². The van der Waals surface area contributed by atoms with Crippen molar-refractivity contribution < 1.29 is 4.79 Å². The summed E-state index contributed by atoms with van der Waals surface area (Å²) in [5, 5.41) is 2.86. The van der Waals surface area contributed by atoms with Gasteiger partial charge < -0.3 is 14.8 Å². The molecule has 0 bridgehead atoms. The van der Waals surface area contributed by atoms with Crippen molar-refractivity contribution >= 4 is 28.4 Å². The first-order valence-electron chi connectivity index (χ1n) is 10.2. The van der Waals surface area contributed by atoms with E-state index in [9.17, 15) is 14.4 Å². The van der Waals surface area contributed by atoms with Gasteiger partial charge in [0, 0.05) is 38.6 Å². The van der Waals surface area contributed by atoms with E-state index in [-0.39, 0.29) is 23.6 Å². The molecule has 1 aliphatic heterocycles. The van der Waals surface area contributed by atoms with Crippen molar-refractivity contribution in [2.75, 3.05) is 23.3 Å². The Kier molecular flexibility index (Phi) is 5.43. The highest BCUT2D eigenvalue weighted by Gasteiger charge is 2.16. The van der Waals surface area contributed by atoms with Gasteiger partial charge in [0.2, 0.25) is 5.91 Å². The van der Waals surface area contributed by atoms with Crippen LogP contribution in [0, 0.1) is 0 Å². The van der Waals surface area contributed by atoms with Gasteiger partial charge in [0.1, 0.15) is 6.54 Å². The minimum absolute atomic E-state index is 0.0716. The third-order valence-electron chi connectivity index (χ3n) is 5.65. The van der Waals surface area contributed by atoms with Crippen molar-refractivity contribution in [3.8, 4) is 0 Å². The smallest absolute Gasteiger partial charge is 0.332 e. The molecule has 0 unspecified atom stereocenters. The second kappa shape index (κ2) is 8.17. The van der Waals surface area contributed by atoms with E-state index in [1.807, 2.05) is 24.3 Å². The zero-order valence-electron chi connectivity index (χ0n) is 17.3. The van der Waals surface area contributed by atoms with Crippen LogP contribution >= 0.6 is 0 Å². The van der Waals surface area contributed by atoms with Gasteiger partial charge in [-0.2, -0.15) is 0 Å². The van der Waals surface area contributed by atoms with E-state index >= 15 is 0 Å². The van der Waals surface area contributed by atoms with Crippen LogP contribution in [0.25, 0.3) is 11.2 Å². The van der Waals surface area contributed by atoms with Crippen LogP contribution in [-0.2, 0) is 25.4 Å². The Balaban J connectivity index is 1.49. The molecular formula is C21H26N6O3. The van der Waals surface area contributed by atoms with Gasteiger partial charge >= 0.3 is 5.69 Å². The van der Waals surface area contributed by atoms with E-state index in [1.54, 1.807) is 7.05 Å². The van der Waals surface area contributed by atoms with E-state index in [0.29, 0.717) is 5.69 Å². The number of carbonyl (C=O) groups is 1. The monoisotopic (exact) mass is 410 g/mol. The molecule has 30 heavy (non-hydrogen) atoms. The normalized spacial score (nSPS) is 14.7. The highest BCUT2D eigenvalue weighted by atomic mass is 16.2. The maximum absolute atomic E-state index is 12.6. The molecule has 9 nitrogen and oxygen atoms in total.